The number of halogens is 4. The Kier molecular flexibility index (Phi) is 4.12. The summed E-state index contributed by atoms with van der Waals surface area (Å²) >= 11 is 2.92. The number of benzene rings is 1. The van der Waals surface area contributed by atoms with E-state index in [0.29, 0.717) is 0 Å². The summed E-state index contributed by atoms with van der Waals surface area (Å²) in [5.41, 5.74) is -1.32. The average molecular weight is 307 g/mol. The summed E-state index contributed by atoms with van der Waals surface area (Å²) in [5.74, 6) is -0.777. The topological polar surface area (TPSA) is 52.9 Å². The highest BCUT2D eigenvalue weighted by molar-refractivity contribution is 9.10. The van der Waals surface area contributed by atoms with E-state index in [1.54, 1.807) is 6.07 Å². The van der Waals surface area contributed by atoms with Gasteiger partial charge in [-0.05, 0) is 18.2 Å². The summed E-state index contributed by atoms with van der Waals surface area (Å²) in [4.78, 5) is 11.1. The van der Waals surface area contributed by atoms with Crippen LogP contribution in [0.4, 0.5) is 18.9 Å². The van der Waals surface area contributed by atoms with E-state index in [2.05, 4.69) is 15.9 Å². The standard InChI is InChI=1S/C10H6BrF3N2O/c11-6-1-2-8(16-9(17)3-4-15)7(5-6)10(12,13)14/h1-2,5H,3H2,(H,16,17). The number of carbonyl (C=O) groups is 1. The van der Waals surface area contributed by atoms with Crippen molar-refractivity contribution in [1.82, 2.24) is 0 Å². The zero-order chi connectivity index (χ0) is 13.1. The van der Waals surface area contributed by atoms with Gasteiger partial charge in [-0.25, -0.2) is 0 Å². The van der Waals surface area contributed by atoms with Crippen molar-refractivity contribution in [3.8, 4) is 6.07 Å². The van der Waals surface area contributed by atoms with E-state index in [-0.39, 0.29) is 10.2 Å². The average Bonchev–Trinajstić information content (AvgIpc) is 2.19. The van der Waals surface area contributed by atoms with Crippen molar-refractivity contribution in [3.63, 3.8) is 0 Å². The minimum Gasteiger partial charge on any atom is -0.325 e. The lowest BCUT2D eigenvalue weighted by molar-refractivity contribution is -0.137. The molecular weight excluding hydrogens is 301 g/mol. The highest BCUT2D eigenvalue weighted by atomic mass is 79.9. The smallest absolute Gasteiger partial charge is 0.325 e. The summed E-state index contributed by atoms with van der Waals surface area (Å²) in [6.07, 6.45) is -5.06. The molecule has 0 aliphatic heterocycles. The molecule has 90 valence electrons. The predicted molar refractivity (Wildman–Crippen MR) is 58.0 cm³/mol. The third-order valence-corrected chi connectivity index (χ3v) is 2.29. The lowest BCUT2D eigenvalue weighted by Gasteiger charge is -2.13. The third-order valence-electron chi connectivity index (χ3n) is 1.80. The molecule has 3 nitrogen and oxygen atoms in total. The molecule has 17 heavy (non-hydrogen) atoms. The Bertz CT molecular complexity index is 479. The first-order chi connectivity index (χ1) is 7.84. The van der Waals surface area contributed by atoms with Gasteiger partial charge in [-0.2, -0.15) is 18.4 Å². The number of hydrogen-bond donors (Lipinski definition) is 1. The fourth-order valence-corrected chi connectivity index (χ4v) is 1.49. The molecule has 0 bridgehead atoms. The fraction of sp³-hybridized carbons (Fsp3) is 0.200. The molecule has 0 spiro atoms. The van der Waals surface area contributed by atoms with Gasteiger partial charge in [0, 0.05) is 4.47 Å². The normalized spacial score (nSPS) is 10.8. The number of nitrogens with zero attached hydrogens (tertiary/aromatic N) is 1. The second-order valence-electron chi connectivity index (χ2n) is 3.07. The molecule has 0 saturated carbocycles. The lowest BCUT2D eigenvalue weighted by atomic mass is 10.1. The third kappa shape index (κ3) is 3.75. The summed E-state index contributed by atoms with van der Waals surface area (Å²) < 4.78 is 38.1. The molecule has 0 radical (unpaired) electrons. The maximum absolute atomic E-state index is 12.6. The number of carbonyl (C=O) groups excluding carboxylic acids is 1. The van der Waals surface area contributed by atoms with Crippen LogP contribution in [0.5, 0.6) is 0 Å². The van der Waals surface area contributed by atoms with E-state index in [1.165, 1.54) is 6.07 Å². The Balaban J connectivity index is 3.08. The number of amides is 1. The van der Waals surface area contributed by atoms with Gasteiger partial charge in [0.15, 0.2) is 0 Å². The lowest BCUT2D eigenvalue weighted by Crippen LogP contribution is -2.15. The van der Waals surface area contributed by atoms with Crippen molar-refractivity contribution in [3.05, 3.63) is 28.2 Å². The van der Waals surface area contributed by atoms with Crippen LogP contribution in [0, 0.1) is 11.3 Å². The number of nitrogens with one attached hydrogen (secondary N) is 1. The molecule has 0 aliphatic rings. The Hall–Kier alpha value is -1.55. The molecule has 1 amide bonds. The molecule has 0 aliphatic carbocycles. The Morgan fingerprint density at radius 3 is 2.65 bits per heavy atom. The maximum Gasteiger partial charge on any atom is 0.418 e. The van der Waals surface area contributed by atoms with Crippen molar-refractivity contribution in [1.29, 1.82) is 5.26 Å². The molecule has 0 saturated heterocycles. The maximum atomic E-state index is 12.6. The van der Waals surface area contributed by atoms with Gasteiger partial charge in [-0.3, -0.25) is 4.79 Å². The molecule has 1 rings (SSSR count). The molecule has 7 heteroatoms. The van der Waals surface area contributed by atoms with Crippen molar-refractivity contribution in [2.24, 2.45) is 0 Å². The van der Waals surface area contributed by atoms with Crippen LogP contribution in [-0.2, 0) is 11.0 Å². The van der Waals surface area contributed by atoms with Gasteiger partial charge in [0.2, 0.25) is 5.91 Å². The second kappa shape index (κ2) is 5.19. The molecule has 0 atom stereocenters. The first kappa shape index (κ1) is 13.5. The quantitative estimate of drug-likeness (QED) is 0.911. The molecule has 1 N–H and O–H groups in total. The van der Waals surface area contributed by atoms with Gasteiger partial charge < -0.3 is 5.32 Å². The van der Waals surface area contributed by atoms with Crippen LogP contribution in [0.25, 0.3) is 0 Å². The minimum absolute atomic E-state index is 0.253. The van der Waals surface area contributed by atoms with E-state index in [4.69, 9.17) is 5.26 Å². The van der Waals surface area contributed by atoms with Gasteiger partial charge in [-0.15, -0.1) is 0 Å². The Morgan fingerprint density at radius 2 is 2.12 bits per heavy atom. The van der Waals surface area contributed by atoms with E-state index < -0.39 is 24.1 Å². The first-order valence-corrected chi connectivity index (χ1v) is 5.17. The number of anilines is 1. The largest absolute Gasteiger partial charge is 0.418 e. The van der Waals surface area contributed by atoms with Gasteiger partial charge in [-0.1, -0.05) is 15.9 Å². The van der Waals surface area contributed by atoms with Crippen LogP contribution in [0.3, 0.4) is 0 Å². The van der Waals surface area contributed by atoms with E-state index in [1.807, 2.05) is 5.32 Å². The first-order valence-electron chi connectivity index (χ1n) is 4.38. The monoisotopic (exact) mass is 306 g/mol. The molecule has 1 aromatic rings. The summed E-state index contributed by atoms with van der Waals surface area (Å²) in [5, 5.41) is 10.3. The zero-order valence-corrected chi connectivity index (χ0v) is 9.89. The van der Waals surface area contributed by atoms with Crippen LogP contribution < -0.4 is 5.32 Å². The number of alkyl halides is 3. The number of hydrogen-bond acceptors (Lipinski definition) is 2. The summed E-state index contributed by atoms with van der Waals surface area (Å²) in [6, 6.07) is 4.92. The molecule has 0 unspecified atom stereocenters. The number of rotatable bonds is 2. The van der Waals surface area contributed by atoms with Gasteiger partial charge in [0.05, 0.1) is 17.3 Å². The molecule has 0 heterocycles. The van der Waals surface area contributed by atoms with Crippen LogP contribution in [-0.4, -0.2) is 5.91 Å². The van der Waals surface area contributed by atoms with Crippen LogP contribution in [0.2, 0.25) is 0 Å². The van der Waals surface area contributed by atoms with Gasteiger partial charge in [0.1, 0.15) is 6.42 Å². The molecular formula is C10H6BrF3N2O. The zero-order valence-electron chi connectivity index (χ0n) is 8.31. The highest BCUT2D eigenvalue weighted by Gasteiger charge is 2.34. The van der Waals surface area contributed by atoms with Crippen molar-refractivity contribution in [2.75, 3.05) is 5.32 Å². The van der Waals surface area contributed by atoms with Gasteiger partial charge in [0.25, 0.3) is 0 Å². The van der Waals surface area contributed by atoms with E-state index in [0.717, 1.165) is 12.1 Å². The van der Waals surface area contributed by atoms with Crippen LogP contribution >= 0.6 is 15.9 Å². The molecule has 1 aromatic carbocycles. The Morgan fingerprint density at radius 1 is 1.47 bits per heavy atom. The summed E-state index contributed by atoms with van der Waals surface area (Å²) in [6.45, 7) is 0. The SMILES string of the molecule is N#CCC(=O)Nc1ccc(Br)cc1C(F)(F)F. The predicted octanol–water partition coefficient (Wildman–Crippen LogP) is 3.32. The van der Waals surface area contributed by atoms with Gasteiger partial charge >= 0.3 is 6.18 Å². The van der Waals surface area contributed by atoms with Crippen LogP contribution in [0.15, 0.2) is 22.7 Å². The minimum atomic E-state index is -4.57. The fourth-order valence-electron chi connectivity index (χ4n) is 1.13. The van der Waals surface area contributed by atoms with Crippen molar-refractivity contribution >= 4 is 27.5 Å². The van der Waals surface area contributed by atoms with E-state index in [9.17, 15) is 18.0 Å². The molecule has 0 aromatic heterocycles. The van der Waals surface area contributed by atoms with E-state index >= 15 is 0 Å². The van der Waals surface area contributed by atoms with Crippen LogP contribution in [0.1, 0.15) is 12.0 Å². The number of nitriles is 1. The van der Waals surface area contributed by atoms with Crippen molar-refractivity contribution in [2.45, 2.75) is 12.6 Å². The molecule has 0 fully saturated rings. The Labute approximate surface area is 103 Å². The summed E-state index contributed by atoms with van der Waals surface area (Å²) in [7, 11) is 0. The highest BCUT2D eigenvalue weighted by Crippen LogP contribution is 2.36. The van der Waals surface area contributed by atoms with Crippen molar-refractivity contribution < 1.29 is 18.0 Å². The second-order valence-corrected chi connectivity index (χ2v) is 3.99.